The number of fused-ring (bicyclic) bond motifs is 1. The number of hydrogen-bond donors (Lipinski definition) is 1. The number of nitrogens with zero attached hydrogens (tertiary/aromatic N) is 2. The Labute approximate surface area is 178 Å². The van der Waals surface area contributed by atoms with Crippen molar-refractivity contribution in [2.45, 2.75) is 13.3 Å². The first kappa shape index (κ1) is 20.0. The first-order valence-electron chi connectivity index (χ1n) is 9.64. The number of hydrogen-bond acceptors (Lipinski definition) is 4. The van der Waals surface area contributed by atoms with Crippen molar-refractivity contribution in [2.24, 2.45) is 7.05 Å². The second-order valence-electron chi connectivity index (χ2n) is 7.08. The van der Waals surface area contributed by atoms with E-state index in [0.717, 1.165) is 45.1 Å². The van der Waals surface area contributed by atoms with Crippen LogP contribution in [0.25, 0.3) is 17.0 Å². The minimum absolute atomic E-state index is 0.312. The molecule has 1 aliphatic rings. The van der Waals surface area contributed by atoms with Gasteiger partial charge in [-0.2, -0.15) is 0 Å². The van der Waals surface area contributed by atoms with Crippen molar-refractivity contribution in [3.05, 3.63) is 70.8 Å². The largest absolute Gasteiger partial charge is 0.350 e. The lowest BCUT2D eigenvalue weighted by Gasteiger charge is -2.12. The molecular weight excluding hydrogens is 398 g/mol. The summed E-state index contributed by atoms with van der Waals surface area (Å²) in [6.45, 7) is 1.74. The van der Waals surface area contributed by atoms with Crippen LogP contribution < -0.4 is 5.32 Å². The number of amides is 3. The first-order valence-corrected chi connectivity index (χ1v) is 10.5. The van der Waals surface area contributed by atoms with Gasteiger partial charge in [0, 0.05) is 35.4 Å². The molecule has 2 heterocycles. The molecule has 0 atom stereocenters. The van der Waals surface area contributed by atoms with Gasteiger partial charge in [0.1, 0.15) is 6.54 Å². The maximum Gasteiger partial charge on any atom is 0.294 e. The fourth-order valence-corrected chi connectivity index (χ4v) is 4.26. The highest BCUT2D eigenvalue weighted by Gasteiger charge is 2.36. The number of aromatic nitrogens is 1. The van der Waals surface area contributed by atoms with Crippen molar-refractivity contribution in [2.75, 3.05) is 11.9 Å². The Hall–Kier alpha value is -3.32. The predicted molar refractivity (Wildman–Crippen MR) is 120 cm³/mol. The second-order valence-corrected chi connectivity index (χ2v) is 8.07. The lowest BCUT2D eigenvalue weighted by atomic mass is 10.1. The molecule has 6 nitrogen and oxygen atoms in total. The smallest absolute Gasteiger partial charge is 0.294 e. The molecule has 3 amide bonds. The molecule has 0 aliphatic carbocycles. The summed E-state index contributed by atoms with van der Waals surface area (Å²) >= 11 is 0.857. The molecule has 152 valence electrons. The molecule has 0 saturated carbocycles. The SMILES string of the molecule is CCc1ccc(NC(=O)CN2C(=O)S/C(=C/c3cn(C)c4ccccc34)C2=O)cc1. The summed E-state index contributed by atoms with van der Waals surface area (Å²) in [5.74, 6) is -0.859. The highest BCUT2D eigenvalue weighted by molar-refractivity contribution is 8.18. The molecule has 0 bridgehead atoms. The van der Waals surface area contributed by atoms with Crippen LogP contribution in [-0.2, 0) is 23.1 Å². The average Bonchev–Trinajstić information content (AvgIpc) is 3.20. The monoisotopic (exact) mass is 419 g/mol. The number of carbonyl (C=O) groups excluding carboxylic acids is 3. The lowest BCUT2D eigenvalue weighted by Crippen LogP contribution is -2.36. The number of benzene rings is 2. The second kappa shape index (κ2) is 8.20. The van der Waals surface area contributed by atoms with Gasteiger partial charge < -0.3 is 9.88 Å². The van der Waals surface area contributed by atoms with E-state index in [9.17, 15) is 14.4 Å². The van der Waals surface area contributed by atoms with Crippen LogP contribution in [0.1, 0.15) is 18.1 Å². The number of aryl methyl sites for hydroxylation is 2. The van der Waals surface area contributed by atoms with Crippen LogP contribution >= 0.6 is 11.8 Å². The van der Waals surface area contributed by atoms with E-state index in [-0.39, 0.29) is 6.54 Å². The number of para-hydroxylation sites is 1. The molecule has 0 spiro atoms. The number of nitrogens with one attached hydrogen (secondary N) is 1. The van der Waals surface area contributed by atoms with Crippen molar-refractivity contribution in [3.63, 3.8) is 0 Å². The van der Waals surface area contributed by atoms with Crippen molar-refractivity contribution >= 4 is 51.5 Å². The maximum absolute atomic E-state index is 12.8. The normalized spacial score (nSPS) is 15.4. The van der Waals surface area contributed by atoms with E-state index in [2.05, 4.69) is 12.2 Å². The third kappa shape index (κ3) is 3.89. The minimum atomic E-state index is -0.450. The highest BCUT2D eigenvalue weighted by Crippen LogP contribution is 2.33. The van der Waals surface area contributed by atoms with Gasteiger partial charge in [-0.1, -0.05) is 37.3 Å². The minimum Gasteiger partial charge on any atom is -0.350 e. The molecule has 30 heavy (non-hydrogen) atoms. The van der Waals surface area contributed by atoms with Crippen LogP contribution in [0.2, 0.25) is 0 Å². The number of anilines is 1. The van der Waals surface area contributed by atoms with Crippen molar-refractivity contribution in [3.8, 4) is 0 Å². The zero-order valence-corrected chi connectivity index (χ0v) is 17.5. The Bertz CT molecular complexity index is 1180. The van der Waals surface area contributed by atoms with Gasteiger partial charge in [0.2, 0.25) is 5.91 Å². The zero-order valence-electron chi connectivity index (χ0n) is 16.7. The summed E-state index contributed by atoms with van der Waals surface area (Å²) in [5, 5.41) is 3.29. The van der Waals surface area contributed by atoms with Gasteiger partial charge in [0.05, 0.1) is 4.91 Å². The summed E-state index contributed by atoms with van der Waals surface area (Å²) in [7, 11) is 1.93. The maximum atomic E-state index is 12.8. The quantitative estimate of drug-likeness (QED) is 0.622. The van der Waals surface area contributed by atoms with Gasteiger partial charge in [-0.25, -0.2) is 0 Å². The van der Waals surface area contributed by atoms with Crippen molar-refractivity contribution in [1.82, 2.24) is 9.47 Å². The Morgan fingerprint density at radius 1 is 1.10 bits per heavy atom. The summed E-state index contributed by atoms with van der Waals surface area (Å²) in [6, 6.07) is 15.3. The summed E-state index contributed by atoms with van der Waals surface area (Å²) < 4.78 is 1.97. The van der Waals surface area contributed by atoms with E-state index in [4.69, 9.17) is 0 Å². The molecule has 3 aromatic rings. The summed E-state index contributed by atoms with van der Waals surface area (Å²) in [5.41, 5.74) is 3.70. The van der Waals surface area contributed by atoms with Gasteiger partial charge in [-0.3, -0.25) is 19.3 Å². The standard InChI is InChI=1S/C23H21N3O3S/c1-3-15-8-10-17(11-9-15)24-21(27)14-26-22(28)20(30-23(26)29)12-16-13-25(2)19-7-5-4-6-18(16)19/h4-13H,3,14H2,1-2H3,(H,24,27)/b20-12+. The van der Waals surface area contributed by atoms with E-state index < -0.39 is 17.1 Å². The summed E-state index contributed by atoms with van der Waals surface area (Å²) in [4.78, 5) is 38.8. The fraction of sp³-hybridized carbons (Fsp3) is 0.174. The van der Waals surface area contributed by atoms with Crippen LogP contribution in [0.3, 0.4) is 0 Å². The third-order valence-corrected chi connectivity index (χ3v) is 5.94. The lowest BCUT2D eigenvalue weighted by molar-refractivity contribution is -0.127. The predicted octanol–water partition coefficient (Wildman–Crippen LogP) is 4.42. The Morgan fingerprint density at radius 2 is 1.83 bits per heavy atom. The molecule has 1 saturated heterocycles. The van der Waals surface area contributed by atoms with Crippen LogP contribution in [-0.4, -0.2) is 33.1 Å². The molecule has 0 unspecified atom stereocenters. The zero-order chi connectivity index (χ0) is 21.3. The third-order valence-electron chi connectivity index (χ3n) is 5.04. The van der Waals surface area contributed by atoms with Crippen LogP contribution in [0.5, 0.6) is 0 Å². The van der Waals surface area contributed by atoms with Gasteiger partial charge in [0.25, 0.3) is 11.1 Å². The molecule has 2 aromatic carbocycles. The van der Waals surface area contributed by atoms with Gasteiger partial charge in [-0.05, 0) is 48.0 Å². The fourth-order valence-electron chi connectivity index (χ4n) is 3.43. The van der Waals surface area contributed by atoms with E-state index in [1.165, 1.54) is 0 Å². The molecule has 1 fully saturated rings. The van der Waals surface area contributed by atoms with Gasteiger partial charge >= 0.3 is 0 Å². The molecule has 7 heteroatoms. The van der Waals surface area contributed by atoms with E-state index in [1.54, 1.807) is 6.08 Å². The van der Waals surface area contributed by atoms with Crippen molar-refractivity contribution in [1.29, 1.82) is 0 Å². The molecule has 1 aromatic heterocycles. The van der Waals surface area contributed by atoms with Crippen molar-refractivity contribution < 1.29 is 14.4 Å². The van der Waals surface area contributed by atoms with Crippen LogP contribution in [0.4, 0.5) is 10.5 Å². The summed E-state index contributed by atoms with van der Waals surface area (Å²) in [6.07, 6.45) is 4.55. The highest BCUT2D eigenvalue weighted by atomic mass is 32.2. The molecule has 4 rings (SSSR count). The van der Waals surface area contributed by atoms with E-state index in [0.29, 0.717) is 10.6 Å². The Kier molecular flexibility index (Phi) is 5.46. The van der Waals surface area contributed by atoms with Crippen LogP contribution in [0, 0.1) is 0 Å². The topological polar surface area (TPSA) is 71.4 Å². The first-order chi connectivity index (χ1) is 14.5. The van der Waals surface area contributed by atoms with E-state index >= 15 is 0 Å². The molecular formula is C23H21N3O3S. The van der Waals surface area contributed by atoms with Gasteiger partial charge in [-0.15, -0.1) is 0 Å². The Morgan fingerprint density at radius 3 is 2.57 bits per heavy atom. The molecule has 1 aliphatic heterocycles. The van der Waals surface area contributed by atoms with Gasteiger partial charge in [0.15, 0.2) is 0 Å². The van der Waals surface area contributed by atoms with E-state index in [1.807, 2.05) is 66.3 Å². The average molecular weight is 420 g/mol. The number of rotatable bonds is 5. The number of thioether (sulfide) groups is 1. The molecule has 1 N–H and O–H groups in total. The van der Waals surface area contributed by atoms with Crippen LogP contribution in [0.15, 0.2) is 59.6 Å². The number of carbonyl (C=O) groups is 3. The Balaban J connectivity index is 1.49. The molecule has 0 radical (unpaired) electrons. The number of imide groups is 1.